The zero-order chi connectivity index (χ0) is 10.7. The molecule has 0 spiro atoms. The first-order valence-corrected chi connectivity index (χ1v) is 6.38. The van der Waals surface area contributed by atoms with Gasteiger partial charge in [0.1, 0.15) is 0 Å². The number of aryl methyl sites for hydroxylation is 1. The zero-order valence-corrected chi connectivity index (χ0v) is 11.4. The average molecular weight is 340 g/mol. The van der Waals surface area contributed by atoms with Gasteiger partial charge in [0.15, 0.2) is 0 Å². The highest BCUT2D eigenvalue weighted by Crippen LogP contribution is 2.35. The van der Waals surface area contributed by atoms with E-state index in [4.69, 9.17) is 5.11 Å². The van der Waals surface area contributed by atoms with Crippen molar-refractivity contribution < 1.29 is 9.90 Å². The number of hydrogen-bond donors (Lipinski definition) is 1. The van der Waals surface area contributed by atoms with Gasteiger partial charge in [0.05, 0.1) is 5.75 Å². The summed E-state index contributed by atoms with van der Waals surface area (Å²) < 4.78 is 1.85. The number of hydrogen-bond acceptors (Lipinski definition) is 2. The van der Waals surface area contributed by atoms with E-state index in [0.717, 1.165) is 19.4 Å². The average Bonchev–Trinajstić information content (AvgIpc) is 2.01. The van der Waals surface area contributed by atoms with Gasteiger partial charge in [-0.1, -0.05) is 0 Å². The van der Waals surface area contributed by atoms with Crippen LogP contribution in [0.5, 0.6) is 0 Å². The fourth-order valence-electron chi connectivity index (χ4n) is 0.958. The standard InChI is InChI=1S/C9H8Br2O2S/c1-5-2-6(10)9(7(11)3-5)14-4-8(12)13/h2-3H,4H2,1H3,(H,12,13). The summed E-state index contributed by atoms with van der Waals surface area (Å²) in [5.74, 6) is -0.741. The van der Waals surface area contributed by atoms with Crippen molar-refractivity contribution in [3.8, 4) is 0 Å². The molecule has 0 aliphatic carbocycles. The third-order valence-corrected chi connectivity index (χ3v) is 4.38. The number of rotatable bonds is 3. The Labute approximate surface area is 103 Å². The number of thioether (sulfide) groups is 1. The zero-order valence-electron chi connectivity index (χ0n) is 7.38. The summed E-state index contributed by atoms with van der Waals surface area (Å²) in [6, 6.07) is 3.93. The van der Waals surface area contributed by atoms with Crippen LogP contribution >= 0.6 is 43.6 Å². The third kappa shape index (κ3) is 3.29. The minimum atomic E-state index is -0.811. The van der Waals surface area contributed by atoms with Gasteiger partial charge in [0.2, 0.25) is 0 Å². The molecular weight excluding hydrogens is 332 g/mol. The Morgan fingerprint density at radius 1 is 1.43 bits per heavy atom. The number of carboxylic acids is 1. The van der Waals surface area contributed by atoms with Crippen LogP contribution < -0.4 is 0 Å². The SMILES string of the molecule is Cc1cc(Br)c(SCC(=O)O)c(Br)c1. The first-order chi connectivity index (χ1) is 6.50. The van der Waals surface area contributed by atoms with E-state index in [2.05, 4.69) is 31.9 Å². The monoisotopic (exact) mass is 338 g/mol. The fourth-order valence-corrected chi connectivity index (χ4v) is 3.72. The predicted molar refractivity (Wildman–Crippen MR) is 64.9 cm³/mol. The summed E-state index contributed by atoms with van der Waals surface area (Å²) >= 11 is 8.11. The van der Waals surface area contributed by atoms with Gasteiger partial charge in [0.25, 0.3) is 0 Å². The van der Waals surface area contributed by atoms with E-state index in [1.165, 1.54) is 11.8 Å². The molecule has 76 valence electrons. The maximum absolute atomic E-state index is 10.4. The molecule has 0 saturated carbocycles. The van der Waals surface area contributed by atoms with E-state index >= 15 is 0 Å². The molecule has 2 nitrogen and oxygen atoms in total. The highest BCUT2D eigenvalue weighted by atomic mass is 79.9. The van der Waals surface area contributed by atoms with Gasteiger partial charge in [-0.3, -0.25) is 4.79 Å². The molecule has 1 aromatic rings. The second kappa shape index (κ2) is 5.19. The molecule has 0 radical (unpaired) electrons. The summed E-state index contributed by atoms with van der Waals surface area (Å²) in [6.45, 7) is 1.99. The molecule has 0 amide bonds. The molecule has 0 heterocycles. The van der Waals surface area contributed by atoms with Crippen LogP contribution in [0.1, 0.15) is 5.56 Å². The summed E-state index contributed by atoms with van der Waals surface area (Å²) in [5.41, 5.74) is 1.13. The molecule has 0 saturated heterocycles. The third-order valence-electron chi connectivity index (χ3n) is 1.48. The van der Waals surface area contributed by atoms with E-state index in [-0.39, 0.29) is 5.75 Å². The smallest absolute Gasteiger partial charge is 0.313 e. The fraction of sp³-hybridized carbons (Fsp3) is 0.222. The summed E-state index contributed by atoms with van der Waals surface area (Å²) in [4.78, 5) is 11.3. The topological polar surface area (TPSA) is 37.3 Å². The van der Waals surface area contributed by atoms with Gasteiger partial charge in [-0.2, -0.15) is 0 Å². The molecule has 14 heavy (non-hydrogen) atoms. The van der Waals surface area contributed by atoms with Crippen molar-refractivity contribution in [3.63, 3.8) is 0 Å². The maximum atomic E-state index is 10.4. The minimum absolute atomic E-state index is 0.0697. The largest absolute Gasteiger partial charge is 0.481 e. The molecule has 0 aromatic heterocycles. The lowest BCUT2D eigenvalue weighted by Crippen LogP contribution is -1.98. The van der Waals surface area contributed by atoms with Crippen LogP contribution in [0.3, 0.4) is 0 Å². The van der Waals surface area contributed by atoms with Crippen molar-refractivity contribution in [2.45, 2.75) is 11.8 Å². The van der Waals surface area contributed by atoms with Gasteiger partial charge >= 0.3 is 5.97 Å². The number of benzene rings is 1. The van der Waals surface area contributed by atoms with Gasteiger partial charge in [0, 0.05) is 13.8 Å². The molecule has 1 aromatic carbocycles. The van der Waals surface area contributed by atoms with Crippen LogP contribution in [-0.4, -0.2) is 16.8 Å². The number of carbonyl (C=O) groups is 1. The highest BCUT2D eigenvalue weighted by molar-refractivity contribution is 9.11. The van der Waals surface area contributed by atoms with Crippen LogP contribution in [-0.2, 0) is 4.79 Å². The van der Waals surface area contributed by atoms with Crippen molar-refractivity contribution in [2.24, 2.45) is 0 Å². The first-order valence-electron chi connectivity index (χ1n) is 3.81. The second-order valence-electron chi connectivity index (χ2n) is 2.74. The highest BCUT2D eigenvalue weighted by Gasteiger charge is 2.08. The lowest BCUT2D eigenvalue weighted by atomic mass is 10.2. The minimum Gasteiger partial charge on any atom is -0.481 e. The molecule has 1 N–H and O–H groups in total. The lowest BCUT2D eigenvalue weighted by molar-refractivity contribution is -0.133. The Balaban J connectivity index is 2.91. The van der Waals surface area contributed by atoms with Gasteiger partial charge in [-0.15, -0.1) is 11.8 Å². The van der Waals surface area contributed by atoms with Crippen molar-refractivity contribution in [3.05, 3.63) is 26.6 Å². The van der Waals surface area contributed by atoms with E-state index < -0.39 is 5.97 Å². The molecule has 0 aliphatic heterocycles. The van der Waals surface area contributed by atoms with Crippen molar-refractivity contribution in [2.75, 3.05) is 5.75 Å². The quantitative estimate of drug-likeness (QED) is 0.853. The number of carboxylic acid groups (broad SMARTS) is 1. The normalized spacial score (nSPS) is 10.2. The van der Waals surface area contributed by atoms with Gasteiger partial charge in [-0.25, -0.2) is 0 Å². The van der Waals surface area contributed by atoms with Crippen LogP contribution in [0.2, 0.25) is 0 Å². The van der Waals surface area contributed by atoms with Crippen molar-refractivity contribution in [1.29, 1.82) is 0 Å². The molecular formula is C9H8Br2O2S. The van der Waals surface area contributed by atoms with E-state index in [0.29, 0.717) is 0 Å². The molecule has 0 atom stereocenters. The Bertz CT molecular complexity index is 343. The predicted octanol–water partition coefficient (Wildman–Crippen LogP) is 3.70. The Hall–Kier alpha value is -0.000000000000000111. The van der Waals surface area contributed by atoms with Crippen molar-refractivity contribution in [1.82, 2.24) is 0 Å². The molecule has 5 heteroatoms. The summed E-state index contributed by atoms with van der Waals surface area (Å²) in [7, 11) is 0. The van der Waals surface area contributed by atoms with Crippen LogP contribution in [0.15, 0.2) is 26.0 Å². The van der Waals surface area contributed by atoms with E-state index in [1.807, 2.05) is 19.1 Å². The number of aliphatic carboxylic acids is 1. The molecule has 0 fully saturated rings. The summed E-state index contributed by atoms with van der Waals surface area (Å²) in [5, 5.41) is 8.56. The first kappa shape index (κ1) is 12.1. The van der Waals surface area contributed by atoms with Crippen molar-refractivity contribution >= 4 is 49.6 Å². The van der Waals surface area contributed by atoms with Crippen LogP contribution in [0.25, 0.3) is 0 Å². The molecule has 1 rings (SSSR count). The van der Waals surface area contributed by atoms with Gasteiger partial charge in [-0.05, 0) is 56.5 Å². The van der Waals surface area contributed by atoms with Crippen LogP contribution in [0, 0.1) is 6.92 Å². The Morgan fingerprint density at radius 3 is 2.36 bits per heavy atom. The Morgan fingerprint density at radius 2 is 1.93 bits per heavy atom. The molecule has 0 aliphatic rings. The molecule has 0 bridgehead atoms. The lowest BCUT2D eigenvalue weighted by Gasteiger charge is -2.06. The maximum Gasteiger partial charge on any atom is 0.313 e. The van der Waals surface area contributed by atoms with E-state index in [1.54, 1.807) is 0 Å². The van der Waals surface area contributed by atoms with Crippen LogP contribution in [0.4, 0.5) is 0 Å². The molecule has 0 unspecified atom stereocenters. The van der Waals surface area contributed by atoms with E-state index in [9.17, 15) is 4.79 Å². The summed E-state index contributed by atoms with van der Waals surface area (Å²) in [6.07, 6.45) is 0. The Kier molecular flexibility index (Phi) is 4.47. The van der Waals surface area contributed by atoms with Gasteiger partial charge < -0.3 is 5.11 Å². The number of halogens is 2. The second-order valence-corrected chi connectivity index (χ2v) is 5.43.